The van der Waals surface area contributed by atoms with E-state index in [9.17, 15) is 9.90 Å². The predicted octanol–water partition coefficient (Wildman–Crippen LogP) is 5.05. The van der Waals surface area contributed by atoms with Gasteiger partial charge in [0.1, 0.15) is 6.10 Å². The first-order valence-corrected chi connectivity index (χ1v) is 8.45. The standard InChI is InChI=1S/C19H21BrO3/c1-13(2)11-17(19(21)22)23-18(14-7-4-3-5-8-14)15-9-6-10-16(20)12-15/h3-10,12-13,17-18H,11H2,1-2H3,(H,21,22)/t17?,18-/m1/s1. The molecule has 0 saturated carbocycles. The van der Waals surface area contributed by atoms with Crippen LogP contribution in [-0.4, -0.2) is 17.2 Å². The van der Waals surface area contributed by atoms with Gasteiger partial charge in [-0.05, 0) is 35.6 Å². The summed E-state index contributed by atoms with van der Waals surface area (Å²) in [6.07, 6.45) is -0.764. The fraction of sp³-hybridized carbons (Fsp3) is 0.316. The van der Waals surface area contributed by atoms with Crippen molar-refractivity contribution in [2.75, 3.05) is 0 Å². The lowest BCUT2D eigenvalue weighted by molar-refractivity contribution is -0.154. The molecule has 0 aromatic heterocycles. The van der Waals surface area contributed by atoms with Crippen molar-refractivity contribution in [2.45, 2.75) is 32.5 Å². The minimum absolute atomic E-state index is 0.245. The largest absolute Gasteiger partial charge is 0.479 e. The third kappa shape index (κ3) is 5.19. The predicted molar refractivity (Wildman–Crippen MR) is 94.4 cm³/mol. The zero-order chi connectivity index (χ0) is 16.8. The van der Waals surface area contributed by atoms with Crippen molar-refractivity contribution in [1.29, 1.82) is 0 Å². The summed E-state index contributed by atoms with van der Waals surface area (Å²) >= 11 is 3.47. The van der Waals surface area contributed by atoms with E-state index in [4.69, 9.17) is 4.74 Å². The van der Waals surface area contributed by atoms with Crippen LogP contribution in [0.2, 0.25) is 0 Å². The lowest BCUT2D eigenvalue weighted by Gasteiger charge is -2.24. The van der Waals surface area contributed by atoms with Crippen molar-refractivity contribution < 1.29 is 14.6 Å². The molecule has 0 fully saturated rings. The molecule has 0 spiro atoms. The van der Waals surface area contributed by atoms with Crippen LogP contribution in [0.5, 0.6) is 0 Å². The molecule has 122 valence electrons. The third-order valence-electron chi connectivity index (χ3n) is 3.52. The number of carboxylic acids is 1. The van der Waals surface area contributed by atoms with Crippen LogP contribution in [-0.2, 0) is 9.53 Å². The Hall–Kier alpha value is -1.65. The molecule has 1 N–H and O–H groups in total. The molecule has 0 aliphatic carbocycles. The van der Waals surface area contributed by atoms with Crippen LogP contribution < -0.4 is 0 Å². The Morgan fingerprint density at radius 1 is 1.09 bits per heavy atom. The van der Waals surface area contributed by atoms with Gasteiger partial charge in [-0.15, -0.1) is 0 Å². The minimum atomic E-state index is -0.922. The molecule has 2 rings (SSSR count). The number of benzene rings is 2. The molecular formula is C19H21BrO3. The average Bonchev–Trinajstić information content (AvgIpc) is 2.51. The minimum Gasteiger partial charge on any atom is -0.479 e. The van der Waals surface area contributed by atoms with Gasteiger partial charge < -0.3 is 9.84 Å². The number of carboxylic acid groups (broad SMARTS) is 1. The highest BCUT2D eigenvalue weighted by Gasteiger charge is 2.26. The second kappa shape index (κ2) is 8.27. The van der Waals surface area contributed by atoms with Gasteiger partial charge in [-0.2, -0.15) is 0 Å². The van der Waals surface area contributed by atoms with Gasteiger partial charge in [0.2, 0.25) is 0 Å². The summed E-state index contributed by atoms with van der Waals surface area (Å²) in [5, 5.41) is 9.49. The lowest BCUT2D eigenvalue weighted by Crippen LogP contribution is -2.28. The number of hydrogen-bond acceptors (Lipinski definition) is 2. The van der Waals surface area contributed by atoms with Crippen molar-refractivity contribution in [3.05, 3.63) is 70.2 Å². The van der Waals surface area contributed by atoms with Crippen LogP contribution >= 0.6 is 15.9 Å². The second-order valence-corrected chi connectivity index (χ2v) is 6.85. The Kier molecular flexibility index (Phi) is 6.37. The number of carbonyl (C=O) groups is 1. The molecule has 2 aromatic carbocycles. The van der Waals surface area contributed by atoms with Crippen molar-refractivity contribution in [3.63, 3.8) is 0 Å². The first-order valence-electron chi connectivity index (χ1n) is 7.66. The summed E-state index contributed by atoms with van der Waals surface area (Å²) in [7, 11) is 0. The third-order valence-corrected chi connectivity index (χ3v) is 4.01. The summed E-state index contributed by atoms with van der Waals surface area (Å²) in [4.78, 5) is 11.6. The number of hydrogen-bond donors (Lipinski definition) is 1. The van der Waals surface area contributed by atoms with Crippen LogP contribution in [0.1, 0.15) is 37.5 Å². The highest BCUT2D eigenvalue weighted by atomic mass is 79.9. The van der Waals surface area contributed by atoms with Gasteiger partial charge in [0.15, 0.2) is 6.10 Å². The van der Waals surface area contributed by atoms with Crippen molar-refractivity contribution in [3.8, 4) is 0 Å². The lowest BCUT2D eigenvalue weighted by atomic mass is 10.00. The molecule has 0 bridgehead atoms. The molecule has 23 heavy (non-hydrogen) atoms. The maximum absolute atomic E-state index is 11.6. The van der Waals surface area contributed by atoms with Crippen LogP contribution in [0.3, 0.4) is 0 Å². The Balaban J connectivity index is 2.35. The van der Waals surface area contributed by atoms with E-state index in [0.717, 1.165) is 15.6 Å². The summed E-state index contributed by atoms with van der Waals surface area (Å²) in [5.74, 6) is -0.676. The maximum atomic E-state index is 11.6. The Morgan fingerprint density at radius 2 is 1.74 bits per heavy atom. The molecule has 2 atom stereocenters. The number of ether oxygens (including phenoxy) is 1. The first kappa shape index (κ1) is 17.7. The van der Waals surface area contributed by atoms with Crippen molar-refractivity contribution >= 4 is 21.9 Å². The summed E-state index contributed by atoms with van der Waals surface area (Å²) in [6, 6.07) is 17.5. The highest BCUT2D eigenvalue weighted by molar-refractivity contribution is 9.10. The van der Waals surface area contributed by atoms with E-state index < -0.39 is 18.2 Å². The molecule has 0 aliphatic heterocycles. The number of rotatable bonds is 7. The van der Waals surface area contributed by atoms with E-state index in [2.05, 4.69) is 15.9 Å². The number of halogens is 1. The Morgan fingerprint density at radius 3 is 2.30 bits per heavy atom. The molecule has 4 heteroatoms. The fourth-order valence-electron chi connectivity index (χ4n) is 2.45. The van der Waals surface area contributed by atoms with Crippen LogP contribution in [0, 0.1) is 5.92 Å². The van der Waals surface area contributed by atoms with E-state index in [1.165, 1.54) is 0 Å². The van der Waals surface area contributed by atoms with Crippen molar-refractivity contribution in [1.82, 2.24) is 0 Å². The van der Waals surface area contributed by atoms with Gasteiger partial charge in [0.25, 0.3) is 0 Å². The quantitative estimate of drug-likeness (QED) is 0.734. The smallest absolute Gasteiger partial charge is 0.332 e. The summed E-state index contributed by atoms with van der Waals surface area (Å²) in [5.41, 5.74) is 1.88. The maximum Gasteiger partial charge on any atom is 0.332 e. The normalized spacial score (nSPS) is 13.7. The van der Waals surface area contributed by atoms with Gasteiger partial charge in [-0.1, -0.05) is 72.2 Å². The van der Waals surface area contributed by atoms with Crippen molar-refractivity contribution in [2.24, 2.45) is 5.92 Å². The van der Waals surface area contributed by atoms with E-state index in [1.807, 2.05) is 68.4 Å². The molecule has 0 saturated heterocycles. The second-order valence-electron chi connectivity index (χ2n) is 5.94. The van der Waals surface area contributed by atoms with Crippen LogP contribution in [0.15, 0.2) is 59.1 Å². The molecule has 0 radical (unpaired) electrons. The molecule has 0 amide bonds. The van der Waals surface area contributed by atoms with Gasteiger partial charge >= 0.3 is 5.97 Å². The molecular weight excluding hydrogens is 356 g/mol. The highest BCUT2D eigenvalue weighted by Crippen LogP contribution is 2.30. The van der Waals surface area contributed by atoms with Gasteiger partial charge in [0.05, 0.1) is 0 Å². The molecule has 1 unspecified atom stereocenters. The monoisotopic (exact) mass is 376 g/mol. The molecule has 3 nitrogen and oxygen atoms in total. The Bertz CT molecular complexity index is 640. The SMILES string of the molecule is CC(C)CC(O[C@H](c1ccccc1)c1cccc(Br)c1)C(=O)O. The number of aliphatic carboxylic acids is 1. The van der Waals surface area contributed by atoms with Gasteiger partial charge in [0, 0.05) is 4.47 Å². The fourth-order valence-corrected chi connectivity index (χ4v) is 2.87. The molecule has 0 aliphatic rings. The molecule has 2 aromatic rings. The van der Waals surface area contributed by atoms with Gasteiger partial charge in [-0.3, -0.25) is 0 Å². The van der Waals surface area contributed by atoms with Crippen LogP contribution in [0.25, 0.3) is 0 Å². The molecule has 0 heterocycles. The van der Waals surface area contributed by atoms with E-state index >= 15 is 0 Å². The Labute approximate surface area is 145 Å². The first-order chi connectivity index (χ1) is 11.0. The van der Waals surface area contributed by atoms with Crippen LogP contribution in [0.4, 0.5) is 0 Å². The average molecular weight is 377 g/mol. The summed E-state index contributed by atoms with van der Waals surface area (Å²) in [6.45, 7) is 3.99. The van der Waals surface area contributed by atoms with Gasteiger partial charge in [-0.25, -0.2) is 4.79 Å². The van der Waals surface area contributed by atoms with E-state index in [0.29, 0.717) is 6.42 Å². The zero-order valence-electron chi connectivity index (χ0n) is 13.3. The topological polar surface area (TPSA) is 46.5 Å². The van der Waals surface area contributed by atoms with E-state index in [-0.39, 0.29) is 5.92 Å². The van der Waals surface area contributed by atoms with E-state index in [1.54, 1.807) is 0 Å². The zero-order valence-corrected chi connectivity index (χ0v) is 14.9. The summed E-state index contributed by atoms with van der Waals surface area (Å²) < 4.78 is 6.97.